The van der Waals surface area contributed by atoms with Gasteiger partial charge in [0.05, 0.1) is 12.7 Å². The van der Waals surface area contributed by atoms with E-state index in [0.717, 1.165) is 0 Å². The van der Waals surface area contributed by atoms with Crippen molar-refractivity contribution in [3.8, 4) is 0 Å². The Morgan fingerprint density at radius 3 is 2.05 bits per heavy atom. The van der Waals surface area contributed by atoms with Gasteiger partial charge in [0, 0.05) is 0 Å². The molecule has 22 heavy (non-hydrogen) atoms. The summed E-state index contributed by atoms with van der Waals surface area (Å²) in [5, 5.41) is 30.1. The van der Waals surface area contributed by atoms with Crippen LogP contribution in [0.3, 0.4) is 0 Å². The highest BCUT2D eigenvalue weighted by Gasteiger charge is 2.46. The van der Waals surface area contributed by atoms with Gasteiger partial charge in [-0.25, -0.2) is 0 Å². The van der Waals surface area contributed by atoms with Gasteiger partial charge in [0.25, 0.3) is 0 Å². The zero-order chi connectivity index (χ0) is 17.3. The zero-order valence-corrected chi connectivity index (χ0v) is 15.7. The molecule has 1 heterocycles. The lowest BCUT2D eigenvalue weighted by Gasteiger charge is -2.43. The molecule has 1 saturated heterocycles. The largest absolute Gasteiger partial charge is 0.414 e. The standard InChI is InChI=1S/C15H32O6Si/c1-9(2)20-14-13(18)12(17)11(16)10(21-14)8-19-22(6,7)15(3,4)5/h9-14,16-18H,8H2,1-7H3/t10-,11-,12+,13-,14?/m1/s1. The maximum absolute atomic E-state index is 10.1. The molecule has 0 amide bonds. The van der Waals surface area contributed by atoms with Crippen LogP contribution in [0.4, 0.5) is 0 Å². The zero-order valence-electron chi connectivity index (χ0n) is 14.7. The van der Waals surface area contributed by atoms with E-state index >= 15 is 0 Å². The van der Waals surface area contributed by atoms with Gasteiger partial charge >= 0.3 is 0 Å². The number of hydrogen-bond donors (Lipinski definition) is 3. The molecule has 7 heteroatoms. The Hall–Kier alpha value is -0.0231. The molecule has 0 aromatic heterocycles. The molecule has 0 aromatic carbocycles. The molecule has 1 aliphatic rings. The van der Waals surface area contributed by atoms with Crippen molar-refractivity contribution in [1.29, 1.82) is 0 Å². The van der Waals surface area contributed by atoms with Crippen molar-refractivity contribution >= 4 is 8.32 Å². The van der Waals surface area contributed by atoms with Gasteiger partial charge in [0.1, 0.15) is 24.4 Å². The number of aliphatic hydroxyl groups excluding tert-OH is 3. The van der Waals surface area contributed by atoms with Crippen molar-refractivity contribution in [1.82, 2.24) is 0 Å². The van der Waals surface area contributed by atoms with Gasteiger partial charge in [-0.15, -0.1) is 0 Å². The van der Waals surface area contributed by atoms with E-state index in [1.165, 1.54) is 0 Å². The Kier molecular flexibility index (Phi) is 6.60. The first kappa shape index (κ1) is 20.0. The van der Waals surface area contributed by atoms with Crippen LogP contribution in [0.5, 0.6) is 0 Å². The summed E-state index contributed by atoms with van der Waals surface area (Å²) in [5.41, 5.74) is 0. The Labute approximate surface area is 134 Å². The summed E-state index contributed by atoms with van der Waals surface area (Å²) in [5.74, 6) is 0. The molecule has 1 unspecified atom stereocenters. The Morgan fingerprint density at radius 2 is 1.59 bits per heavy atom. The van der Waals surface area contributed by atoms with Crippen molar-refractivity contribution in [3.05, 3.63) is 0 Å². The molecule has 1 aliphatic heterocycles. The monoisotopic (exact) mass is 336 g/mol. The molecule has 5 atom stereocenters. The van der Waals surface area contributed by atoms with Crippen molar-refractivity contribution in [2.24, 2.45) is 0 Å². The van der Waals surface area contributed by atoms with Gasteiger partial charge in [-0.1, -0.05) is 20.8 Å². The van der Waals surface area contributed by atoms with Gasteiger partial charge in [-0.2, -0.15) is 0 Å². The van der Waals surface area contributed by atoms with Crippen molar-refractivity contribution in [3.63, 3.8) is 0 Å². The SMILES string of the molecule is CC(C)OC1O[C@H](CO[Si](C)(C)C(C)(C)C)[C@@H](O)[C@H](O)[C@H]1O. The fourth-order valence-corrected chi connectivity index (χ4v) is 2.96. The van der Waals surface area contributed by atoms with Crippen LogP contribution in [0.15, 0.2) is 0 Å². The number of aliphatic hydroxyl groups is 3. The van der Waals surface area contributed by atoms with Crippen molar-refractivity contribution < 1.29 is 29.2 Å². The van der Waals surface area contributed by atoms with Crippen LogP contribution in [0.25, 0.3) is 0 Å². The van der Waals surface area contributed by atoms with Crippen LogP contribution in [0.2, 0.25) is 18.1 Å². The van der Waals surface area contributed by atoms with Gasteiger partial charge in [-0.3, -0.25) is 0 Å². The van der Waals surface area contributed by atoms with Gasteiger partial charge < -0.3 is 29.2 Å². The third kappa shape index (κ3) is 4.74. The molecule has 0 radical (unpaired) electrons. The second-order valence-electron chi connectivity index (χ2n) is 7.77. The highest BCUT2D eigenvalue weighted by Crippen LogP contribution is 2.37. The molecular weight excluding hydrogens is 304 g/mol. The highest BCUT2D eigenvalue weighted by atomic mass is 28.4. The lowest BCUT2D eigenvalue weighted by molar-refractivity contribution is -0.307. The van der Waals surface area contributed by atoms with Crippen LogP contribution < -0.4 is 0 Å². The molecule has 0 saturated carbocycles. The molecule has 6 nitrogen and oxygen atoms in total. The van der Waals surface area contributed by atoms with E-state index < -0.39 is 39.0 Å². The van der Waals surface area contributed by atoms with Crippen LogP contribution in [0.1, 0.15) is 34.6 Å². The van der Waals surface area contributed by atoms with Crippen LogP contribution in [0, 0.1) is 0 Å². The molecule has 1 rings (SSSR count). The summed E-state index contributed by atoms with van der Waals surface area (Å²) in [4.78, 5) is 0. The second kappa shape index (κ2) is 7.25. The molecule has 3 N–H and O–H groups in total. The van der Waals surface area contributed by atoms with Crippen LogP contribution >= 0.6 is 0 Å². The topological polar surface area (TPSA) is 88.4 Å². The third-order valence-corrected chi connectivity index (χ3v) is 8.99. The fourth-order valence-electron chi connectivity index (χ4n) is 1.94. The molecule has 0 bridgehead atoms. The number of rotatable bonds is 5. The van der Waals surface area contributed by atoms with E-state index in [9.17, 15) is 15.3 Å². The van der Waals surface area contributed by atoms with Crippen LogP contribution in [-0.4, -0.2) is 67.1 Å². The second-order valence-corrected chi connectivity index (χ2v) is 12.6. The van der Waals surface area contributed by atoms with Crippen molar-refractivity contribution in [2.45, 2.75) is 89.6 Å². The lowest BCUT2D eigenvalue weighted by Crippen LogP contribution is -2.60. The Balaban J connectivity index is 2.73. The summed E-state index contributed by atoms with van der Waals surface area (Å²) in [6.07, 6.45) is -5.65. The molecule has 1 fully saturated rings. The first-order valence-electron chi connectivity index (χ1n) is 7.86. The van der Waals surface area contributed by atoms with E-state index in [1.54, 1.807) is 0 Å². The van der Waals surface area contributed by atoms with Gasteiger partial charge in [-0.05, 0) is 32.0 Å². The van der Waals surface area contributed by atoms with Gasteiger partial charge in [0.2, 0.25) is 0 Å². The summed E-state index contributed by atoms with van der Waals surface area (Å²) >= 11 is 0. The minimum absolute atomic E-state index is 0.0403. The summed E-state index contributed by atoms with van der Waals surface area (Å²) in [6.45, 7) is 14.4. The van der Waals surface area contributed by atoms with Crippen molar-refractivity contribution in [2.75, 3.05) is 6.61 Å². The van der Waals surface area contributed by atoms with E-state index in [-0.39, 0.29) is 17.7 Å². The molecule has 132 valence electrons. The maximum Gasteiger partial charge on any atom is 0.192 e. The Bertz CT molecular complexity index is 354. The van der Waals surface area contributed by atoms with E-state index in [2.05, 4.69) is 33.9 Å². The maximum atomic E-state index is 10.1. The summed E-state index contributed by atoms with van der Waals surface area (Å²) in [7, 11) is -1.99. The normalized spacial score (nSPS) is 34.2. The predicted molar refractivity (Wildman–Crippen MR) is 86.1 cm³/mol. The average Bonchev–Trinajstić information content (AvgIpc) is 2.36. The molecular formula is C15H32O6Si. The summed E-state index contributed by atoms with van der Waals surface area (Å²) < 4.78 is 17.1. The Morgan fingerprint density at radius 1 is 1.05 bits per heavy atom. The third-order valence-electron chi connectivity index (χ3n) is 4.49. The minimum atomic E-state index is -1.99. The molecule has 0 aliphatic carbocycles. The fraction of sp³-hybridized carbons (Fsp3) is 1.00. The quantitative estimate of drug-likeness (QED) is 0.655. The van der Waals surface area contributed by atoms with E-state index in [4.69, 9.17) is 13.9 Å². The molecule has 0 aromatic rings. The summed E-state index contributed by atoms with van der Waals surface area (Å²) in [6, 6.07) is 0. The predicted octanol–water partition coefficient (Wildman–Crippen LogP) is 1.24. The average molecular weight is 337 g/mol. The highest BCUT2D eigenvalue weighted by molar-refractivity contribution is 6.74. The van der Waals surface area contributed by atoms with E-state index in [0.29, 0.717) is 0 Å². The smallest absolute Gasteiger partial charge is 0.192 e. The number of ether oxygens (including phenoxy) is 2. The first-order chi connectivity index (χ1) is 9.86. The van der Waals surface area contributed by atoms with E-state index in [1.807, 2.05) is 13.8 Å². The molecule has 0 spiro atoms. The number of hydrogen-bond acceptors (Lipinski definition) is 6. The van der Waals surface area contributed by atoms with Gasteiger partial charge in [0.15, 0.2) is 14.6 Å². The lowest BCUT2D eigenvalue weighted by atomic mass is 9.99. The minimum Gasteiger partial charge on any atom is -0.414 e. The first-order valence-corrected chi connectivity index (χ1v) is 10.8. The van der Waals surface area contributed by atoms with Crippen LogP contribution in [-0.2, 0) is 13.9 Å².